The van der Waals surface area contributed by atoms with E-state index in [1.54, 1.807) is 0 Å². The van der Waals surface area contributed by atoms with E-state index in [-0.39, 0.29) is 0 Å². The lowest BCUT2D eigenvalue weighted by Gasteiger charge is -2.08. The summed E-state index contributed by atoms with van der Waals surface area (Å²) in [7, 11) is 0. The van der Waals surface area contributed by atoms with Crippen molar-refractivity contribution in [2.24, 2.45) is 0 Å². The molecule has 4 heteroatoms. The number of nitrogens with one attached hydrogen (secondary N) is 2. The lowest BCUT2D eigenvalue weighted by Crippen LogP contribution is -1.93. The minimum Gasteiger partial charge on any atom is -0.354 e. The van der Waals surface area contributed by atoms with Crippen molar-refractivity contribution in [3.8, 4) is 17.1 Å². The fraction of sp³-hybridized carbons (Fsp3) is 0. The highest BCUT2D eigenvalue weighted by molar-refractivity contribution is 6.11. The van der Waals surface area contributed by atoms with Crippen LogP contribution in [-0.2, 0) is 0 Å². The number of H-pyrrole nitrogens is 2. The van der Waals surface area contributed by atoms with Crippen molar-refractivity contribution in [1.29, 1.82) is 0 Å². The topological polar surface area (TPSA) is 49.4 Å². The van der Waals surface area contributed by atoms with Crippen LogP contribution in [0.3, 0.4) is 0 Å². The summed E-state index contributed by atoms with van der Waals surface area (Å²) in [4.78, 5) is 12.0. The van der Waals surface area contributed by atoms with Gasteiger partial charge >= 0.3 is 0 Å². The van der Waals surface area contributed by atoms with Crippen LogP contribution in [0.25, 0.3) is 71.7 Å². The molecule has 0 spiro atoms. The van der Waals surface area contributed by atoms with Gasteiger partial charge in [0, 0.05) is 43.8 Å². The molecule has 2 N–H and O–H groups in total. The number of hydrogen-bond donors (Lipinski definition) is 2. The third kappa shape index (κ3) is 2.65. The Morgan fingerprint density at radius 2 is 1.17 bits per heavy atom. The van der Waals surface area contributed by atoms with Gasteiger partial charge in [-0.1, -0.05) is 54.6 Å². The Bertz CT molecular complexity index is 2000. The average Bonchev–Trinajstić information content (AvgIpc) is 3.58. The molecular formula is C31H20N4. The van der Waals surface area contributed by atoms with Crippen LogP contribution < -0.4 is 0 Å². The summed E-state index contributed by atoms with van der Waals surface area (Å²) in [6, 6.07) is 38.6. The van der Waals surface area contributed by atoms with Crippen molar-refractivity contribution in [3.63, 3.8) is 0 Å². The van der Waals surface area contributed by atoms with Gasteiger partial charge in [0.2, 0.25) is 0 Å². The summed E-state index contributed by atoms with van der Waals surface area (Å²) in [5, 5.41) is 4.99. The lowest BCUT2D eigenvalue weighted by atomic mass is 10.1. The number of hydrogen-bond acceptors (Lipinski definition) is 1. The smallest absolute Gasteiger partial charge is 0.138 e. The monoisotopic (exact) mass is 448 g/mol. The Balaban J connectivity index is 1.25. The Kier molecular flexibility index (Phi) is 3.63. The van der Waals surface area contributed by atoms with Crippen molar-refractivity contribution >= 4 is 54.6 Å². The van der Waals surface area contributed by atoms with E-state index in [9.17, 15) is 0 Å². The van der Waals surface area contributed by atoms with Crippen LogP contribution >= 0.6 is 0 Å². The molecule has 0 radical (unpaired) electrons. The van der Waals surface area contributed by atoms with Crippen molar-refractivity contribution in [3.05, 3.63) is 109 Å². The maximum atomic E-state index is 4.91. The van der Waals surface area contributed by atoms with Gasteiger partial charge in [-0.25, -0.2) is 4.98 Å². The molecule has 0 aliphatic rings. The van der Waals surface area contributed by atoms with E-state index in [0.717, 1.165) is 39.1 Å². The molecule has 0 atom stereocenters. The Hall–Kier alpha value is -4.83. The normalized spacial score (nSPS) is 12.0. The van der Waals surface area contributed by atoms with Gasteiger partial charge in [-0.05, 0) is 54.6 Å². The van der Waals surface area contributed by atoms with Crippen LogP contribution in [0.1, 0.15) is 0 Å². The van der Waals surface area contributed by atoms with E-state index < -0.39 is 0 Å². The van der Waals surface area contributed by atoms with Crippen molar-refractivity contribution in [2.75, 3.05) is 0 Å². The number of rotatable bonds is 2. The molecule has 4 nitrogen and oxygen atoms in total. The molecule has 5 aromatic carbocycles. The van der Waals surface area contributed by atoms with E-state index in [0.29, 0.717) is 0 Å². The summed E-state index contributed by atoms with van der Waals surface area (Å²) in [5.74, 6) is 0.880. The maximum Gasteiger partial charge on any atom is 0.138 e. The summed E-state index contributed by atoms with van der Waals surface area (Å²) < 4.78 is 2.33. The molecule has 3 heterocycles. The minimum absolute atomic E-state index is 0.880. The first-order valence-electron chi connectivity index (χ1n) is 11.8. The minimum atomic E-state index is 0.880. The number of benzene rings is 5. The van der Waals surface area contributed by atoms with Gasteiger partial charge in [0.25, 0.3) is 0 Å². The van der Waals surface area contributed by atoms with Gasteiger partial charge in [-0.2, -0.15) is 0 Å². The van der Waals surface area contributed by atoms with E-state index in [1.165, 1.54) is 32.6 Å². The number of fused-ring (bicyclic) bond motifs is 7. The fourth-order valence-electron chi connectivity index (χ4n) is 5.46. The number of nitrogens with zero attached hydrogens (tertiary/aromatic N) is 2. The van der Waals surface area contributed by atoms with Gasteiger partial charge in [-0.15, -0.1) is 0 Å². The van der Waals surface area contributed by atoms with Gasteiger partial charge in [0.05, 0.1) is 22.1 Å². The van der Waals surface area contributed by atoms with Crippen LogP contribution in [0.2, 0.25) is 0 Å². The van der Waals surface area contributed by atoms with Gasteiger partial charge in [-0.3, -0.25) is 0 Å². The zero-order valence-electron chi connectivity index (χ0n) is 18.8. The molecule has 0 unspecified atom stereocenters. The highest BCUT2D eigenvalue weighted by atomic mass is 15.0. The van der Waals surface area contributed by atoms with Crippen molar-refractivity contribution in [1.82, 2.24) is 19.5 Å². The van der Waals surface area contributed by atoms with Crippen LogP contribution in [0.15, 0.2) is 109 Å². The second-order valence-electron chi connectivity index (χ2n) is 9.09. The second kappa shape index (κ2) is 6.84. The van der Waals surface area contributed by atoms with Crippen LogP contribution in [0.4, 0.5) is 0 Å². The zero-order chi connectivity index (χ0) is 22.9. The Labute approximate surface area is 200 Å². The summed E-state index contributed by atoms with van der Waals surface area (Å²) >= 11 is 0. The van der Waals surface area contributed by atoms with E-state index in [1.807, 2.05) is 0 Å². The summed E-state index contributed by atoms with van der Waals surface area (Å²) in [6.45, 7) is 0. The highest BCUT2D eigenvalue weighted by Gasteiger charge is 2.13. The molecule has 0 saturated carbocycles. The first-order chi connectivity index (χ1) is 17.3. The lowest BCUT2D eigenvalue weighted by molar-refractivity contribution is 1.18. The standard InChI is InChI=1S/C31H20N4/c1-4-10-25-21(7-1)24-17-27-28(18-26(24)32-25)34-31(33-27)19-13-15-20(16-14-19)35-29-11-5-2-8-22(29)23-9-3-6-12-30(23)35/h1-18,32H,(H,33,34). The third-order valence-corrected chi connectivity index (χ3v) is 7.09. The quantitative estimate of drug-likeness (QED) is 0.277. The Morgan fingerprint density at radius 1 is 0.514 bits per heavy atom. The molecule has 0 amide bonds. The van der Waals surface area contributed by atoms with E-state index in [4.69, 9.17) is 4.98 Å². The summed E-state index contributed by atoms with van der Waals surface area (Å²) in [6.07, 6.45) is 0. The average molecular weight is 449 g/mol. The molecule has 8 aromatic rings. The van der Waals surface area contributed by atoms with E-state index in [2.05, 4.69) is 124 Å². The first-order valence-corrected chi connectivity index (χ1v) is 11.8. The predicted molar refractivity (Wildman–Crippen MR) is 145 cm³/mol. The van der Waals surface area contributed by atoms with Crippen LogP contribution in [0.5, 0.6) is 0 Å². The van der Waals surface area contributed by atoms with Gasteiger partial charge < -0.3 is 14.5 Å². The molecule has 0 fully saturated rings. The predicted octanol–water partition coefficient (Wildman–Crippen LogP) is 7.96. The summed E-state index contributed by atoms with van der Waals surface area (Å²) in [5.41, 5.74) is 8.91. The molecule has 0 bridgehead atoms. The molecule has 8 rings (SSSR count). The Morgan fingerprint density at radius 3 is 1.91 bits per heavy atom. The van der Waals surface area contributed by atoms with Gasteiger partial charge in [0.1, 0.15) is 5.82 Å². The number of imidazole rings is 1. The molecule has 3 aromatic heterocycles. The highest BCUT2D eigenvalue weighted by Crippen LogP contribution is 2.33. The molecule has 0 aliphatic carbocycles. The first kappa shape index (κ1) is 18.6. The van der Waals surface area contributed by atoms with Crippen molar-refractivity contribution < 1.29 is 0 Å². The number of aromatic nitrogens is 4. The maximum absolute atomic E-state index is 4.91. The van der Waals surface area contributed by atoms with Crippen LogP contribution in [0, 0.1) is 0 Å². The number of para-hydroxylation sites is 3. The van der Waals surface area contributed by atoms with Gasteiger partial charge in [0.15, 0.2) is 0 Å². The zero-order valence-corrected chi connectivity index (χ0v) is 18.8. The van der Waals surface area contributed by atoms with E-state index >= 15 is 0 Å². The molecular weight excluding hydrogens is 428 g/mol. The molecule has 35 heavy (non-hydrogen) atoms. The van der Waals surface area contributed by atoms with Crippen molar-refractivity contribution in [2.45, 2.75) is 0 Å². The third-order valence-electron chi connectivity index (χ3n) is 7.09. The molecule has 0 saturated heterocycles. The molecule has 164 valence electrons. The SMILES string of the molecule is c1ccc2c(c1)[nH]c1cc3nc(-c4ccc(-n5c6ccccc6c6ccccc65)cc4)[nH]c3cc12. The molecule has 0 aliphatic heterocycles. The second-order valence-corrected chi connectivity index (χ2v) is 9.09. The van der Waals surface area contributed by atoms with Crippen LogP contribution in [-0.4, -0.2) is 19.5 Å². The largest absolute Gasteiger partial charge is 0.354 e. The fourth-order valence-corrected chi connectivity index (χ4v) is 5.46. The number of aromatic amines is 2.